The number of ether oxygens (including phenoxy) is 6. The molecule has 11 aromatic rings. The van der Waals surface area contributed by atoms with Crippen molar-refractivity contribution in [1.29, 1.82) is 0 Å². The lowest BCUT2D eigenvalue weighted by Gasteiger charge is -2.18. The summed E-state index contributed by atoms with van der Waals surface area (Å²) in [4.78, 5) is 87.6. The third kappa shape index (κ3) is 41.6. The van der Waals surface area contributed by atoms with Gasteiger partial charge in [-0.15, -0.1) is 0 Å². The molecule has 4 N–H and O–H groups in total. The molecule has 11 rings (SSSR count). The zero-order chi connectivity index (χ0) is 89.8. The van der Waals surface area contributed by atoms with E-state index in [4.69, 9.17) is 92.5 Å². The number of ketones is 3. The second kappa shape index (κ2) is 59.9. The number of imidazole rings is 1. The number of anilines is 2. The van der Waals surface area contributed by atoms with Crippen molar-refractivity contribution in [2.45, 2.75) is 71.4 Å². The third-order valence-electron chi connectivity index (χ3n) is 16.3. The highest BCUT2D eigenvalue weighted by atomic mass is 79.9. The molecule has 10 aromatic carbocycles. The number of carbonyl (C=O) groups is 5. The summed E-state index contributed by atoms with van der Waals surface area (Å²) in [6, 6.07) is 73.9. The van der Waals surface area contributed by atoms with Crippen LogP contribution in [-0.2, 0) is 54.2 Å². The van der Waals surface area contributed by atoms with Crippen LogP contribution in [0.3, 0.4) is 0 Å². The Labute approximate surface area is 750 Å². The van der Waals surface area contributed by atoms with E-state index in [-0.39, 0.29) is 46.8 Å². The average Bonchev–Trinajstić information content (AvgIpc) is 1.59. The third-order valence-corrected chi connectivity index (χ3v) is 18.8. The normalized spacial score (nSPS) is 10.5. The molecule has 21 nitrogen and oxygen atoms in total. The maximum absolute atomic E-state index is 13.7. The van der Waals surface area contributed by atoms with Crippen LogP contribution in [0.15, 0.2) is 257 Å². The molecule has 28 heteroatoms. The molecule has 0 spiro atoms. The van der Waals surface area contributed by atoms with Crippen LogP contribution in [0.4, 0.5) is 17.1 Å². The molecule has 0 bridgehead atoms. The van der Waals surface area contributed by atoms with Crippen molar-refractivity contribution in [2.75, 3.05) is 101 Å². The van der Waals surface area contributed by atoms with Crippen molar-refractivity contribution >= 4 is 142 Å². The van der Waals surface area contributed by atoms with E-state index in [1.54, 1.807) is 137 Å². The van der Waals surface area contributed by atoms with Crippen LogP contribution in [0, 0.1) is 34.6 Å². The minimum Gasteiger partial charge on any atom is -0.481 e. The highest BCUT2D eigenvalue weighted by molar-refractivity contribution is 9.10. The Balaban J connectivity index is 0.000000369. The maximum Gasteiger partial charge on any atom is 0.338 e. The molecule has 0 fully saturated rings. The Hall–Kier alpha value is -9.73. The number of halogens is 7. The van der Waals surface area contributed by atoms with Gasteiger partial charge in [-0.25, -0.2) is 14.7 Å². The number of isocyanates is 1. The second-order valence-corrected chi connectivity index (χ2v) is 30.3. The van der Waals surface area contributed by atoms with Crippen molar-refractivity contribution in [3.8, 4) is 22.6 Å². The molecule has 2 unspecified atom stereocenters. The van der Waals surface area contributed by atoms with Crippen LogP contribution in [-0.4, -0.2) is 155 Å². The molecule has 1 aromatic heterocycles. The van der Waals surface area contributed by atoms with Gasteiger partial charge < -0.3 is 44.6 Å². The Morgan fingerprint density at radius 1 is 0.496 bits per heavy atom. The number of hydroxylamine groups is 2. The Kier molecular flexibility index (Phi) is 52.2. The van der Waals surface area contributed by atoms with Crippen molar-refractivity contribution in [3.63, 3.8) is 0 Å². The monoisotopic (exact) mass is 1880 g/mol. The number of hydrogen-bond donors (Lipinski definition) is 3. The van der Waals surface area contributed by atoms with E-state index < -0.39 is 12.0 Å². The van der Waals surface area contributed by atoms with Gasteiger partial charge in [-0.05, 0) is 192 Å². The predicted octanol–water partition coefficient (Wildman–Crippen LogP) is 22.0. The van der Waals surface area contributed by atoms with Crippen molar-refractivity contribution in [3.05, 3.63) is 333 Å². The zero-order valence-electron chi connectivity index (χ0n) is 69.8. The number of aryl methyl sites for hydroxylation is 5. The number of benzene rings is 10. The molecular weight excluding hydrogens is 1780 g/mol. The molecule has 1 amide bonds. The summed E-state index contributed by atoms with van der Waals surface area (Å²) >= 11 is 35.8. The molecule has 0 aliphatic carbocycles. The van der Waals surface area contributed by atoms with Gasteiger partial charge >= 0.3 is 11.7 Å². The average molecular weight is 1880 g/mol. The molecule has 121 heavy (non-hydrogen) atoms. The van der Waals surface area contributed by atoms with Gasteiger partial charge in [-0.1, -0.05) is 203 Å². The van der Waals surface area contributed by atoms with Gasteiger partial charge in [0.15, 0.2) is 17.3 Å². The van der Waals surface area contributed by atoms with E-state index in [0.29, 0.717) is 77.2 Å². The fourth-order valence-corrected chi connectivity index (χ4v) is 12.0. The molecule has 0 aliphatic heterocycles. The number of hydrogen-bond acceptors (Lipinski definition) is 17. The van der Waals surface area contributed by atoms with E-state index in [1.807, 2.05) is 167 Å². The smallest absolute Gasteiger partial charge is 0.338 e. The molecule has 2 atom stereocenters. The summed E-state index contributed by atoms with van der Waals surface area (Å²) in [5.74, 6) is -0.678. The number of nitrogens with one attached hydrogen (secondary N) is 1. The molecule has 644 valence electrons. The molecule has 1 heterocycles. The summed E-state index contributed by atoms with van der Waals surface area (Å²) in [5, 5.41) is 15.6. The summed E-state index contributed by atoms with van der Waals surface area (Å²) in [7, 11) is 12.4. The Morgan fingerprint density at radius 3 is 1.32 bits per heavy atom. The van der Waals surface area contributed by atoms with Gasteiger partial charge in [-0.2, -0.15) is 4.99 Å². The number of carboxylic acids is 1. The van der Waals surface area contributed by atoms with Gasteiger partial charge in [0.05, 0.1) is 88.0 Å². The lowest BCUT2D eigenvalue weighted by atomic mass is 10.0. The minimum atomic E-state index is -0.818. The van der Waals surface area contributed by atoms with Gasteiger partial charge in [0.1, 0.15) is 10.9 Å². The molecule has 0 saturated carbocycles. The fraction of sp³-hybridized carbons (Fsp3) is 0.258. The topological polar surface area (TPSA) is 268 Å². The van der Waals surface area contributed by atoms with Crippen molar-refractivity contribution in [2.24, 2.45) is 4.99 Å². The number of nitrogens with zero attached hydrogens (tertiary/aromatic N) is 4. The van der Waals surface area contributed by atoms with Crippen LogP contribution in [0.5, 0.6) is 0 Å². The number of amides is 1. The molecule has 0 saturated heterocycles. The highest BCUT2D eigenvalue weighted by Gasteiger charge is 2.25. The summed E-state index contributed by atoms with van der Waals surface area (Å²) in [6.07, 6.45) is 2.35. The molecular formula is C93H103Br2Cl5N6O15. The van der Waals surface area contributed by atoms with Crippen LogP contribution < -0.4 is 16.7 Å². The van der Waals surface area contributed by atoms with Gasteiger partial charge in [0.2, 0.25) is 12.0 Å². The number of aromatic nitrogens is 2. The maximum atomic E-state index is 13.7. The standard InChI is InChI=1S/C24H20Cl2N2O2.C17H18ClNO2.C11H13BrO2.C11H14O2.C7H7Br.C7H4ClNO.C6H6ClN.C6H13NO3.C4H8O3/c1-16-4-3-5-17(14-16)23-22(15-30-2)27(20-10-6-18(25)7-11-20)24(29)28(23)21-12-8-19(26)9-13-21;1-12-4-3-5-13(10-12)17(20)16(11-21-2)19-15-8-6-14(18)7-9-15;1-8-4-3-5-9(6-8)11(13)10(12)7-14-2;1-9-4-3-5-10(8-9)11(12)6-7-13-2;1-6-3-2-4-7(8)5-6;8-6-1-3-7(4-2-6)9-5-10;7-5-1-3-6(8)4-2-5;1-7(10-3)6(8)4-5-9-2;1-7-3-2-4(5)6/h3-14H,15H2,1-2H3;3-10,16,19H,11H2,1-2H3;3-6,10H,7H2,1-2H3;3-5,8H,6-7H2,1-2H3;2-5H,1H3;1-4H;1-4H,8H2;4-5H2,1-3H3;2-3H2,1H3,(H,5,6). The van der Waals surface area contributed by atoms with Crippen LogP contribution in [0.2, 0.25) is 25.1 Å². The summed E-state index contributed by atoms with van der Waals surface area (Å²) in [5.41, 5.74) is 19.1. The van der Waals surface area contributed by atoms with Crippen LogP contribution in [0.1, 0.15) is 83.8 Å². The number of carboxylic acid groups (broad SMARTS) is 1. The first-order valence-electron chi connectivity index (χ1n) is 37.3. The number of carbonyl (C=O) groups excluding carboxylic acids is 5. The lowest BCUT2D eigenvalue weighted by Crippen LogP contribution is -2.34. The van der Waals surface area contributed by atoms with E-state index in [2.05, 4.69) is 76.9 Å². The van der Waals surface area contributed by atoms with Gasteiger partial charge in [0.25, 0.3) is 0 Å². The first-order valence-corrected chi connectivity index (χ1v) is 40.9. The highest BCUT2D eigenvalue weighted by Crippen LogP contribution is 2.31. The number of alkyl halides is 1. The molecule has 0 radical (unpaired) electrons. The number of nitrogen functional groups attached to an aromatic ring is 1. The number of Topliss-reactive ketones (excluding diaryl/α,β-unsaturated/α-hetero) is 3. The Morgan fingerprint density at radius 2 is 0.909 bits per heavy atom. The fourth-order valence-electron chi connectivity index (χ4n) is 10.3. The van der Waals surface area contributed by atoms with Crippen molar-refractivity contribution in [1.82, 2.24) is 14.2 Å². The predicted molar refractivity (Wildman–Crippen MR) is 495 cm³/mol. The van der Waals surface area contributed by atoms with Crippen molar-refractivity contribution < 1.29 is 67.1 Å². The van der Waals surface area contributed by atoms with Gasteiger partial charge in [-0.3, -0.25) is 37.9 Å². The quantitative estimate of drug-likeness (QED) is 0.0108. The van der Waals surface area contributed by atoms with Gasteiger partial charge in [0, 0.05) is 119 Å². The number of aliphatic imine (C=N–C) groups is 1. The van der Waals surface area contributed by atoms with Crippen LogP contribution in [0.25, 0.3) is 22.6 Å². The Bertz CT molecular complexity index is 5000. The summed E-state index contributed by atoms with van der Waals surface area (Å²) in [6.45, 7) is 12.2. The van der Waals surface area contributed by atoms with E-state index in [0.717, 1.165) is 82.6 Å². The van der Waals surface area contributed by atoms with E-state index in [1.165, 1.54) is 30.9 Å². The molecule has 0 aliphatic rings. The number of aliphatic carboxylic acids is 1. The lowest BCUT2D eigenvalue weighted by molar-refractivity contribution is -0.169. The minimum absolute atomic E-state index is 0.00972. The van der Waals surface area contributed by atoms with Crippen LogP contribution >= 0.6 is 89.9 Å². The first kappa shape index (κ1) is 105. The van der Waals surface area contributed by atoms with E-state index >= 15 is 0 Å². The second-order valence-electron chi connectivity index (χ2n) is 26.1. The SMILES string of the molecule is COCC(Br)C(=O)c1cccc(C)c1.COCC(Nc1ccc(Cl)cc1)C(=O)c1cccc(C)c1.COCCC(=O)N(C)OC.COCCC(=O)O.COCCC(=O)c1cccc(C)c1.COCc1c(-c2cccc(C)c2)n(-c2ccc(Cl)cc2)c(=O)n1-c1ccc(Cl)cc1.Cc1cccc(Br)c1.Nc1ccc(Cl)cc1.O=C=Nc1ccc(Cl)cc1. The van der Waals surface area contributed by atoms with E-state index in [9.17, 15) is 33.6 Å². The zero-order valence-corrected chi connectivity index (χ0v) is 76.7. The number of methoxy groups -OCH3 is 6. The summed E-state index contributed by atoms with van der Waals surface area (Å²) < 4.78 is 34.1. The number of nitrogens with two attached hydrogens (primary N) is 1. The number of rotatable bonds is 27. The first-order chi connectivity index (χ1) is 57.9. The largest absolute Gasteiger partial charge is 0.481 e.